The van der Waals surface area contributed by atoms with E-state index in [0.717, 1.165) is 15.7 Å². The molecule has 1 aliphatic heterocycles. The van der Waals surface area contributed by atoms with Crippen LogP contribution in [-0.2, 0) is 11.3 Å². The maximum atomic E-state index is 13.0. The SMILES string of the molecule is N#Cc1ccc(NC2CCN(Cc3ccc(F)cc3)C2=O)c(Br)c1. The second kappa shape index (κ2) is 7.02. The molecular weight excluding hydrogens is 373 g/mol. The highest BCUT2D eigenvalue weighted by Gasteiger charge is 2.31. The van der Waals surface area contributed by atoms with E-state index < -0.39 is 0 Å². The van der Waals surface area contributed by atoms with Crippen molar-refractivity contribution in [3.63, 3.8) is 0 Å². The molecule has 0 bridgehead atoms. The quantitative estimate of drug-likeness (QED) is 0.870. The zero-order valence-electron chi connectivity index (χ0n) is 12.8. The number of benzene rings is 2. The molecule has 0 radical (unpaired) electrons. The van der Waals surface area contributed by atoms with Gasteiger partial charge in [0.15, 0.2) is 0 Å². The number of nitriles is 1. The standard InChI is InChI=1S/C18H15BrFN3O/c19-15-9-13(10-21)3-6-16(15)22-17-7-8-23(18(17)24)11-12-1-4-14(20)5-2-12/h1-6,9,17,22H,7-8,11H2. The Bertz CT molecular complexity index is 801. The normalized spacial score (nSPS) is 17.0. The predicted molar refractivity (Wildman–Crippen MR) is 92.7 cm³/mol. The number of hydrogen-bond acceptors (Lipinski definition) is 3. The van der Waals surface area contributed by atoms with Gasteiger partial charge in [0, 0.05) is 23.2 Å². The summed E-state index contributed by atoms with van der Waals surface area (Å²) in [6.07, 6.45) is 0.701. The number of carbonyl (C=O) groups excluding carboxylic acids is 1. The summed E-state index contributed by atoms with van der Waals surface area (Å²) in [5.74, 6) is -0.257. The smallest absolute Gasteiger partial charge is 0.245 e. The number of nitrogens with one attached hydrogen (secondary N) is 1. The fourth-order valence-electron chi connectivity index (χ4n) is 2.73. The average molecular weight is 388 g/mol. The highest BCUT2D eigenvalue weighted by Crippen LogP contribution is 2.26. The highest BCUT2D eigenvalue weighted by atomic mass is 79.9. The van der Waals surface area contributed by atoms with Crippen LogP contribution in [0.25, 0.3) is 0 Å². The van der Waals surface area contributed by atoms with Gasteiger partial charge in [0.2, 0.25) is 5.91 Å². The molecule has 2 aromatic rings. The molecule has 1 amide bonds. The van der Waals surface area contributed by atoms with Crippen LogP contribution >= 0.6 is 15.9 Å². The van der Waals surface area contributed by atoms with E-state index in [4.69, 9.17) is 5.26 Å². The van der Waals surface area contributed by atoms with Crippen molar-refractivity contribution in [2.75, 3.05) is 11.9 Å². The van der Waals surface area contributed by atoms with E-state index in [9.17, 15) is 9.18 Å². The number of anilines is 1. The zero-order chi connectivity index (χ0) is 17.1. The van der Waals surface area contributed by atoms with E-state index in [-0.39, 0.29) is 17.8 Å². The first kappa shape index (κ1) is 16.5. The molecule has 122 valence electrons. The molecule has 0 saturated carbocycles. The van der Waals surface area contributed by atoms with Crippen LogP contribution in [0.4, 0.5) is 10.1 Å². The molecule has 0 spiro atoms. The zero-order valence-corrected chi connectivity index (χ0v) is 14.4. The van der Waals surface area contributed by atoms with E-state index in [0.29, 0.717) is 25.1 Å². The lowest BCUT2D eigenvalue weighted by Gasteiger charge is -2.18. The summed E-state index contributed by atoms with van der Waals surface area (Å²) in [7, 11) is 0. The van der Waals surface area contributed by atoms with Crippen molar-refractivity contribution >= 4 is 27.5 Å². The number of carbonyl (C=O) groups is 1. The molecule has 1 aliphatic rings. The second-order valence-electron chi connectivity index (χ2n) is 5.68. The van der Waals surface area contributed by atoms with E-state index in [2.05, 4.69) is 27.3 Å². The monoisotopic (exact) mass is 387 g/mol. The lowest BCUT2D eigenvalue weighted by molar-refractivity contribution is -0.128. The highest BCUT2D eigenvalue weighted by molar-refractivity contribution is 9.10. The molecule has 1 heterocycles. The lowest BCUT2D eigenvalue weighted by Crippen LogP contribution is -2.33. The van der Waals surface area contributed by atoms with Crippen LogP contribution in [-0.4, -0.2) is 23.4 Å². The van der Waals surface area contributed by atoms with Gasteiger partial charge in [-0.15, -0.1) is 0 Å². The Kier molecular flexibility index (Phi) is 4.81. The van der Waals surface area contributed by atoms with Gasteiger partial charge in [0.25, 0.3) is 0 Å². The largest absolute Gasteiger partial charge is 0.373 e. The summed E-state index contributed by atoms with van der Waals surface area (Å²) < 4.78 is 13.7. The van der Waals surface area contributed by atoms with Crippen LogP contribution in [0.5, 0.6) is 0 Å². The van der Waals surface area contributed by atoms with Gasteiger partial charge in [-0.1, -0.05) is 12.1 Å². The van der Waals surface area contributed by atoms with Gasteiger partial charge in [-0.05, 0) is 58.2 Å². The third-order valence-corrected chi connectivity index (χ3v) is 4.67. The molecule has 1 unspecified atom stereocenters. The van der Waals surface area contributed by atoms with Crippen molar-refractivity contribution in [2.45, 2.75) is 19.0 Å². The summed E-state index contributed by atoms with van der Waals surface area (Å²) in [5.41, 5.74) is 2.25. The molecule has 3 rings (SSSR count). The minimum Gasteiger partial charge on any atom is -0.373 e. The third kappa shape index (κ3) is 3.57. The maximum Gasteiger partial charge on any atom is 0.245 e. The summed E-state index contributed by atoms with van der Waals surface area (Å²) in [6, 6.07) is 13.2. The Hall–Kier alpha value is -2.39. The number of amides is 1. The first-order valence-corrected chi connectivity index (χ1v) is 8.35. The first-order valence-electron chi connectivity index (χ1n) is 7.56. The minimum atomic E-state index is -0.297. The Balaban J connectivity index is 1.66. The number of likely N-dealkylation sites (tertiary alicyclic amines) is 1. The first-order chi connectivity index (χ1) is 11.6. The Labute approximate surface area is 148 Å². The van der Waals surface area contributed by atoms with E-state index in [1.807, 2.05) is 0 Å². The molecule has 4 nitrogen and oxygen atoms in total. The Morgan fingerprint density at radius 2 is 2.04 bits per heavy atom. The number of rotatable bonds is 4. The molecule has 1 N–H and O–H groups in total. The van der Waals surface area contributed by atoms with Crippen molar-refractivity contribution < 1.29 is 9.18 Å². The lowest BCUT2D eigenvalue weighted by atomic mass is 10.2. The molecule has 0 aliphatic carbocycles. The number of halogens is 2. The van der Waals surface area contributed by atoms with E-state index in [1.54, 1.807) is 35.2 Å². The molecule has 1 atom stereocenters. The van der Waals surface area contributed by atoms with Gasteiger partial charge in [-0.25, -0.2) is 4.39 Å². The Morgan fingerprint density at radius 1 is 1.29 bits per heavy atom. The van der Waals surface area contributed by atoms with Crippen LogP contribution < -0.4 is 5.32 Å². The van der Waals surface area contributed by atoms with E-state index >= 15 is 0 Å². The van der Waals surface area contributed by atoms with Crippen LogP contribution in [0, 0.1) is 17.1 Å². The summed E-state index contributed by atoms with van der Waals surface area (Å²) in [6.45, 7) is 1.13. The molecule has 1 saturated heterocycles. The van der Waals surface area contributed by atoms with Crippen molar-refractivity contribution in [1.82, 2.24) is 4.90 Å². The average Bonchev–Trinajstić information content (AvgIpc) is 2.92. The predicted octanol–water partition coefficient (Wildman–Crippen LogP) is 3.67. The molecule has 24 heavy (non-hydrogen) atoms. The van der Waals surface area contributed by atoms with Crippen LogP contribution in [0.1, 0.15) is 17.5 Å². The fraction of sp³-hybridized carbons (Fsp3) is 0.222. The van der Waals surface area contributed by atoms with Gasteiger partial charge in [0.05, 0.1) is 11.6 Å². The van der Waals surface area contributed by atoms with Gasteiger partial charge in [-0.3, -0.25) is 4.79 Å². The maximum absolute atomic E-state index is 13.0. The second-order valence-corrected chi connectivity index (χ2v) is 6.53. The van der Waals surface area contributed by atoms with Crippen LogP contribution in [0.15, 0.2) is 46.9 Å². The summed E-state index contributed by atoms with van der Waals surface area (Å²) in [4.78, 5) is 14.3. The summed E-state index contributed by atoms with van der Waals surface area (Å²) in [5, 5.41) is 12.1. The van der Waals surface area contributed by atoms with Crippen molar-refractivity contribution in [1.29, 1.82) is 5.26 Å². The van der Waals surface area contributed by atoms with Gasteiger partial charge < -0.3 is 10.2 Å². The molecule has 2 aromatic carbocycles. The van der Waals surface area contributed by atoms with Gasteiger partial charge >= 0.3 is 0 Å². The fourth-order valence-corrected chi connectivity index (χ4v) is 3.22. The van der Waals surface area contributed by atoms with E-state index in [1.165, 1.54) is 12.1 Å². The Morgan fingerprint density at radius 3 is 2.71 bits per heavy atom. The van der Waals surface area contributed by atoms with Gasteiger partial charge in [0.1, 0.15) is 11.9 Å². The molecule has 0 aromatic heterocycles. The van der Waals surface area contributed by atoms with Crippen molar-refractivity contribution in [2.24, 2.45) is 0 Å². The minimum absolute atomic E-state index is 0.0237. The third-order valence-electron chi connectivity index (χ3n) is 4.01. The topological polar surface area (TPSA) is 56.1 Å². The van der Waals surface area contributed by atoms with Crippen molar-refractivity contribution in [3.05, 3.63) is 63.9 Å². The molecule has 1 fully saturated rings. The van der Waals surface area contributed by atoms with Gasteiger partial charge in [-0.2, -0.15) is 5.26 Å². The number of nitrogens with zero attached hydrogens (tertiary/aromatic N) is 2. The molecule has 6 heteroatoms. The van der Waals surface area contributed by atoms with Crippen LogP contribution in [0.3, 0.4) is 0 Å². The molecular formula is C18H15BrFN3O. The summed E-state index contributed by atoms with van der Waals surface area (Å²) >= 11 is 3.42. The van der Waals surface area contributed by atoms with Crippen molar-refractivity contribution in [3.8, 4) is 6.07 Å². The van der Waals surface area contributed by atoms with Crippen LogP contribution in [0.2, 0.25) is 0 Å². The number of hydrogen-bond donors (Lipinski definition) is 1.